The van der Waals surface area contributed by atoms with Gasteiger partial charge in [-0.1, -0.05) is 32.0 Å². The van der Waals surface area contributed by atoms with E-state index in [1.807, 2.05) is 24.3 Å². The van der Waals surface area contributed by atoms with Gasteiger partial charge in [-0.25, -0.2) is 4.98 Å². The van der Waals surface area contributed by atoms with Crippen LogP contribution in [0.1, 0.15) is 35.8 Å². The van der Waals surface area contributed by atoms with Crippen molar-refractivity contribution < 1.29 is 4.79 Å². The van der Waals surface area contributed by atoms with Gasteiger partial charge in [-0.05, 0) is 51.7 Å². The number of rotatable bonds is 3. The molecule has 0 bridgehead atoms. The molecular formula is C15H15BrN2O. The first-order valence-electron chi connectivity index (χ1n) is 6.10. The van der Waals surface area contributed by atoms with Crippen LogP contribution >= 0.6 is 15.9 Å². The van der Waals surface area contributed by atoms with Crippen molar-refractivity contribution in [3.05, 3.63) is 58.3 Å². The maximum absolute atomic E-state index is 12.0. The number of hydrogen-bond acceptors (Lipinski definition) is 2. The highest BCUT2D eigenvalue weighted by Crippen LogP contribution is 2.17. The number of benzene rings is 1. The van der Waals surface area contributed by atoms with Crippen LogP contribution in [0.3, 0.4) is 0 Å². The summed E-state index contributed by atoms with van der Waals surface area (Å²) >= 11 is 3.25. The lowest BCUT2D eigenvalue weighted by Gasteiger charge is -2.08. The summed E-state index contributed by atoms with van der Waals surface area (Å²) in [5.41, 5.74) is 2.41. The molecule has 98 valence electrons. The van der Waals surface area contributed by atoms with Crippen LogP contribution in [0.25, 0.3) is 0 Å². The molecule has 1 heterocycles. The predicted molar refractivity (Wildman–Crippen MR) is 80.4 cm³/mol. The molecule has 2 aromatic rings. The molecule has 0 radical (unpaired) electrons. The minimum Gasteiger partial charge on any atom is -0.321 e. The number of nitrogens with one attached hydrogen (secondary N) is 1. The quantitative estimate of drug-likeness (QED) is 0.861. The van der Waals surface area contributed by atoms with E-state index < -0.39 is 0 Å². The average molecular weight is 319 g/mol. The molecule has 0 aliphatic rings. The second kappa shape index (κ2) is 5.97. The zero-order valence-electron chi connectivity index (χ0n) is 10.9. The lowest BCUT2D eigenvalue weighted by atomic mass is 10.0. The molecule has 0 unspecified atom stereocenters. The van der Waals surface area contributed by atoms with Crippen LogP contribution in [0, 0.1) is 0 Å². The van der Waals surface area contributed by atoms with Gasteiger partial charge in [-0.2, -0.15) is 0 Å². The summed E-state index contributed by atoms with van der Waals surface area (Å²) < 4.78 is 0.648. The largest absolute Gasteiger partial charge is 0.321 e. The highest BCUT2D eigenvalue weighted by molar-refractivity contribution is 9.10. The first-order chi connectivity index (χ1) is 9.06. The number of carbonyl (C=O) groups excluding carboxylic acids is 1. The van der Waals surface area contributed by atoms with Gasteiger partial charge in [0, 0.05) is 5.69 Å². The number of hydrogen-bond donors (Lipinski definition) is 1. The molecule has 1 amide bonds. The van der Waals surface area contributed by atoms with Crippen LogP contribution in [0.4, 0.5) is 5.69 Å². The number of halogens is 1. The molecule has 0 aliphatic heterocycles. The summed E-state index contributed by atoms with van der Waals surface area (Å²) in [6.07, 6.45) is 0. The van der Waals surface area contributed by atoms with Crippen molar-refractivity contribution in [2.75, 3.05) is 5.32 Å². The number of nitrogens with zero attached hydrogens (tertiary/aromatic N) is 1. The number of carbonyl (C=O) groups is 1. The van der Waals surface area contributed by atoms with Crippen molar-refractivity contribution in [2.45, 2.75) is 19.8 Å². The van der Waals surface area contributed by atoms with E-state index in [1.165, 1.54) is 5.56 Å². The molecule has 1 aromatic heterocycles. The monoisotopic (exact) mass is 318 g/mol. The molecule has 0 fully saturated rings. The van der Waals surface area contributed by atoms with Crippen LogP contribution < -0.4 is 5.32 Å². The lowest BCUT2D eigenvalue weighted by Crippen LogP contribution is -2.13. The highest BCUT2D eigenvalue weighted by Gasteiger charge is 2.08. The third-order valence-corrected chi connectivity index (χ3v) is 3.22. The van der Waals surface area contributed by atoms with E-state index in [2.05, 4.69) is 40.1 Å². The normalized spacial score (nSPS) is 10.5. The Morgan fingerprint density at radius 2 is 1.84 bits per heavy atom. The molecule has 2 rings (SSSR count). The van der Waals surface area contributed by atoms with Crippen molar-refractivity contribution in [3.8, 4) is 0 Å². The van der Waals surface area contributed by atoms with E-state index >= 15 is 0 Å². The van der Waals surface area contributed by atoms with E-state index in [9.17, 15) is 4.79 Å². The van der Waals surface area contributed by atoms with Gasteiger partial charge >= 0.3 is 0 Å². The minimum absolute atomic E-state index is 0.210. The summed E-state index contributed by atoms with van der Waals surface area (Å²) in [6.45, 7) is 4.28. The number of aromatic nitrogens is 1. The van der Waals surface area contributed by atoms with Gasteiger partial charge in [0.15, 0.2) is 0 Å². The van der Waals surface area contributed by atoms with Crippen LogP contribution in [-0.4, -0.2) is 10.9 Å². The van der Waals surface area contributed by atoms with Crippen LogP contribution in [0.2, 0.25) is 0 Å². The molecule has 0 atom stereocenters. The van der Waals surface area contributed by atoms with E-state index in [0.717, 1.165) is 5.69 Å². The zero-order chi connectivity index (χ0) is 13.8. The predicted octanol–water partition coefficient (Wildman–Crippen LogP) is 4.22. The maximum Gasteiger partial charge on any atom is 0.274 e. The van der Waals surface area contributed by atoms with Gasteiger partial charge in [0.1, 0.15) is 10.3 Å². The molecule has 3 nitrogen and oxygen atoms in total. The van der Waals surface area contributed by atoms with Gasteiger partial charge < -0.3 is 5.32 Å². The van der Waals surface area contributed by atoms with Gasteiger partial charge in [-0.3, -0.25) is 4.79 Å². The summed E-state index contributed by atoms with van der Waals surface area (Å²) in [5, 5.41) is 2.83. The Balaban J connectivity index is 2.10. The first-order valence-corrected chi connectivity index (χ1v) is 6.89. The fourth-order valence-electron chi connectivity index (χ4n) is 1.68. The average Bonchev–Trinajstić information content (AvgIpc) is 2.39. The summed E-state index contributed by atoms with van der Waals surface area (Å²) in [4.78, 5) is 16.1. The molecule has 0 saturated heterocycles. The Labute approximate surface area is 121 Å². The van der Waals surface area contributed by atoms with Crippen molar-refractivity contribution in [2.24, 2.45) is 0 Å². The second-order valence-corrected chi connectivity index (χ2v) is 5.39. The highest BCUT2D eigenvalue weighted by atomic mass is 79.9. The topological polar surface area (TPSA) is 42.0 Å². The molecule has 0 aliphatic carbocycles. The summed E-state index contributed by atoms with van der Waals surface area (Å²) in [5.74, 6) is 0.273. The minimum atomic E-state index is -0.210. The first kappa shape index (κ1) is 13.7. The standard InChI is InChI=1S/C15H15BrN2O/c1-10(2)11-6-8-12(9-7-11)17-15(19)13-4-3-5-14(16)18-13/h3-10H,1-2H3,(H,17,19). The zero-order valence-corrected chi connectivity index (χ0v) is 12.4. The molecule has 4 heteroatoms. The van der Waals surface area contributed by atoms with Crippen molar-refractivity contribution in [3.63, 3.8) is 0 Å². The van der Waals surface area contributed by atoms with Gasteiger partial charge in [0.2, 0.25) is 0 Å². The summed E-state index contributed by atoms with van der Waals surface area (Å²) in [6, 6.07) is 13.1. The van der Waals surface area contributed by atoms with Crippen molar-refractivity contribution in [1.29, 1.82) is 0 Å². The second-order valence-electron chi connectivity index (χ2n) is 4.58. The Bertz CT molecular complexity index is 579. The molecule has 0 saturated carbocycles. The smallest absolute Gasteiger partial charge is 0.274 e. The van der Waals surface area contributed by atoms with E-state index in [1.54, 1.807) is 18.2 Å². The van der Waals surface area contributed by atoms with Gasteiger partial charge in [-0.15, -0.1) is 0 Å². The molecule has 19 heavy (non-hydrogen) atoms. The van der Waals surface area contributed by atoms with Crippen LogP contribution in [-0.2, 0) is 0 Å². The molecule has 1 N–H and O–H groups in total. The Kier molecular flexibility index (Phi) is 4.32. The van der Waals surface area contributed by atoms with E-state index in [0.29, 0.717) is 16.2 Å². The van der Waals surface area contributed by atoms with Gasteiger partial charge in [0.25, 0.3) is 5.91 Å². The third-order valence-electron chi connectivity index (χ3n) is 2.78. The fraction of sp³-hybridized carbons (Fsp3) is 0.200. The third kappa shape index (κ3) is 3.64. The molecule has 0 spiro atoms. The van der Waals surface area contributed by atoms with E-state index in [-0.39, 0.29) is 5.91 Å². The number of pyridine rings is 1. The molecule has 1 aromatic carbocycles. The van der Waals surface area contributed by atoms with Gasteiger partial charge in [0.05, 0.1) is 0 Å². The Morgan fingerprint density at radius 1 is 1.16 bits per heavy atom. The fourth-order valence-corrected chi connectivity index (χ4v) is 2.02. The summed E-state index contributed by atoms with van der Waals surface area (Å²) in [7, 11) is 0. The SMILES string of the molecule is CC(C)c1ccc(NC(=O)c2cccc(Br)n2)cc1. The van der Waals surface area contributed by atoms with Crippen molar-refractivity contribution in [1.82, 2.24) is 4.98 Å². The van der Waals surface area contributed by atoms with Crippen LogP contribution in [0.5, 0.6) is 0 Å². The lowest BCUT2D eigenvalue weighted by molar-refractivity contribution is 0.102. The van der Waals surface area contributed by atoms with Crippen molar-refractivity contribution >= 4 is 27.5 Å². The van der Waals surface area contributed by atoms with E-state index in [4.69, 9.17) is 0 Å². The van der Waals surface area contributed by atoms with Crippen LogP contribution in [0.15, 0.2) is 47.1 Å². The number of amides is 1. The Hall–Kier alpha value is -1.68. The number of anilines is 1. The maximum atomic E-state index is 12.0. The molecular weight excluding hydrogens is 304 g/mol. The Morgan fingerprint density at radius 3 is 2.42 bits per heavy atom.